The molecule has 6 nitrogen and oxygen atoms in total. The molecule has 0 aliphatic carbocycles. The van der Waals surface area contributed by atoms with Crippen molar-refractivity contribution >= 4 is 22.5 Å². The van der Waals surface area contributed by atoms with Crippen LogP contribution in [0, 0.1) is 0 Å². The molecule has 24 heavy (non-hydrogen) atoms. The van der Waals surface area contributed by atoms with E-state index >= 15 is 0 Å². The molecule has 0 saturated carbocycles. The van der Waals surface area contributed by atoms with Crippen LogP contribution in [-0.4, -0.2) is 22.6 Å². The molecule has 0 bridgehead atoms. The van der Waals surface area contributed by atoms with Crippen LogP contribution in [0.2, 0.25) is 0 Å². The number of carbonyl (C=O) groups excluding carboxylic acids is 1. The van der Waals surface area contributed by atoms with Gasteiger partial charge >= 0.3 is 0 Å². The third-order valence-electron chi connectivity index (χ3n) is 3.64. The molecule has 2 aromatic carbocycles. The third kappa shape index (κ3) is 3.33. The average Bonchev–Trinajstić information content (AvgIpc) is 2.60. The monoisotopic (exact) mass is 323 g/mol. The number of fused-ring (bicyclic) bond motifs is 1. The number of rotatable bonds is 5. The first-order valence-corrected chi connectivity index (χ1v) is 7.50. The minimum absolute atomic E-state index is 0.0992. The number of ether oxygens (including phenoxy) is 1. The van der Waals surface area contributed by atoms with Crippen LogP contribution in [0.3, 0.4) is 0 Å². The van der Waals surface area contributed by atoms with Crippen molar-refractivity contribution in [2.24, 2.45) is 0 Å². The lowest BCUT2D eigenvalue weighted by Gasteiger charge is -2.11. The van der Waals surface area contributed by atoms with Crippen LogP contribution in [-0.2, 0) is 22.7 Å². The Balaban J connectivity index is 1.81. The molecule has 0 unspecified atom stereocenters. The van der Waals surface area contributed by atoms with Crippen LogP contribution in [0.15, 0.2) is 59.7 Å². The third-order valence-corrected chi connectivity index (χ3v) is 3.64. The van der Waals surface area contributed by atoms with Crippen LogP contribution in [0.5, 0.6) is 0 Å². The Labute approximate surface area is 138 Å². The van der Waals surface area contributed by atoms with Crippen molar-refractivity contribution in [2.45, 2.75) is 13.2 Å². The van der Waals surface area contributed by atoms with Gasteiger partial charge in [-0.2, -0.15) is 0 Å². The van der Waals surface area contributed by atoms with Gasteiger partial charge in [0.25, 0.3) is 5.56 Å². The van der Waals surface area contributed by atoms with Gasteiger partial charge in [-0.25, -0.2) is 4.98 Å². The summed E-state index contributed by atoms with van der Waals surface area (Å²) in [6.45, 7) is 0.298. The van der Waals surface area contributed by atoms with Crippen LogP contribution in [0.4, 0.5) is 5.69 Å². The fraction of sp³-hybridized carbons (Fsp3) is 0.167. The maximum absolute atomic E-state index is 12.4. The fourth-order valence-corrected chi connectivity index (χ4v) is 2.49. The van der Waals surface area contributed by atoms with E-state index in [1.807, 2.05) is 24.3 Å². The Hall–Kier alpha value is -2.99. The molecular weight excluding hydrogens is 306 g/mol. The normalized spacial score (nSPS) is 10.7. The molecule has 3 rings (SSSR count). The quantitative estimate of drug-likeness (QED) is 0.781. The number of amides is 1. The Kier molecular flexibility index (Phi) is 4.67. The standard InChI is InChI=1S/C18H17N3O3/c1-24-11-13-6-2-4-8-15(13)20-17(22)10-21-12-19-16-9-5-3-7-14(16)18(21)23/h2-9,12H,10-11H2,1H3,(H,20,22). The lowest BCUT2D eigenvalue weighted by atomic mass is 10.2. The highest BCUT2D eigenvalue weighted by Gasteiger charge is 2.10. The van der Waals surface area contributed by atoms with Gasteiger partial charge in [-0.05, 0) is 18.2 Å². The SMILES string of the molecule is COCc1ccccc1NC(=O)Cn1cnc2ccccc2c1=O. The average molecular weight is 323 g/mol. The lowest BCUT2D eigenvalue weighted by molar-refractivity contribution is -0.116. The predicted molar refractivity (Wildman–Crippen MR) is 91.8 cm³/mol. The van der Waals surface area contributed by atoms with Crippen LogP contribution in [0.25, 0.3) is 10.9 Å². The first-order valence-electron chi connectivity index (χ1n) is 7.50. The Bertz CT molecular complexity index is 934. The molecule has 1 aromatic heterocycles. The number of benzene rings is 2. The van der Waals surface area contributed by atoms with Gasteiger partial charge in [0.05, 0.1) is 23.8 Å². The van der Waals surface area contributed by atoms with Gasteiger partial charge < -0.3 is 10.1 Å². The first kappa shape index (κ1) is 15.9. The number of methoxy groups -OCH3 is 1. The molecule has 0 saturated heterocycles. The second-order valence-electron chi connectivity index (χ2n) is 5.33. The summed E-state index contributed by atoms with van der Waals surface area (Å²) >= 11 is 0. The number of nitrogens with one attached hydrogen (secondary N) is 1. The molecular formula is C18H17N3O3. The Morgan fingerprint density at radius 2 is 1.92 bits per heavy atom. The van der Waals surface area contributed by atoms with E-state index in [4.69, 9.17) is 4.74 Å². The van der Waals surface area contributed by atoms with Crippen LogP contribution >= 0.6 is 0 Å². The van der Waals surface area contributed by atoms with E-state index < -0.39 is 0 Å². The summed E-state index contributed by atoms with van der Waals surface area (Å²) in [5, 5.41) is 3.31. The van der Waals surface area contributed by atoms with E-state index in [2.05, 4.69) is 10.3 Å². The fourth-order valence-electron chi connectivity index (χ4n) is 2.49. The molecule has 0 atom stereocenters. The molecule has 0 radical (unpaired) electrons. The summed E-state index contributed by atoms with van der Waals surface area (Å²) in [6.07, 6.45) is 1.39. The van der Waals surface area contributed by atoms with Gasteiger partial charge in [0.1, 0.15) is 6.54 Å². The summed E-state index contributed by atoms with van der Waals surface area (Å²) in [7, 11) is 1.60. The number of carbonyl (C=O) groups is 1. The molecule has 1 heterocycles. The number of hydrogen-bond acceptors (Lipinski definition) is 4. The number of aromatic nitrogens is 2. The number of para-hydroxylation sites is 2. The lowest BCUT2D eigenvalue weighted by Crippen LogP contribution is -2.28. The van der Waals surface area contributed by atoms with E-state index in [-0.39, 0.29) is 18.0 Å². The minimum atomic E-state index is -0.294. The summed E-state index contributed by atoms with van der Waals surface area (Å²) in [5.41, 5.74) is 1.93. The maximum atomic E-state index is 12.4. The topological polar surface area (TPSA) is 73.2 Å². The van der Waals surface area contributed by atoms with Crippen molar-refractivity contribution in [3.05, 3.63) is 70.8 Å². The second-order valence-corrected chi connectivity index (χ2v) is 5.33. The van der Waals surface area contributed by atoms with Gasteiger partial charge in [0, 0.05) is 18.4 Å². The smallest absolute Gasteiger partial charge is 0.261 e. The molecule has 1 amide bonds. The van der Waals surface area contributed by atoms with Gasteiger partial charge in [-0.1, -0.05) is 30.3 Å². The molecule has 3 aromatic rings. The predicted octanol–water partition coefficient (Wildman–Crippen LogP) is 2.18. The van der Waals surface area contributed by atoms with Crippen molar-refractivity contribution in [1.82, 2.24) is 9.55 Å². The number of anilines is 1. The van der Waals surface area contributed by atoms with Gasteiger partial charge in [0.2, 0.25) is 5.91 Å². The van der Waals surface area contributed by atoms with Crippen molar-refractivity contribution in [1.29, 1.82) is 0 Å². The maximum Gasteiger partial charge on any atom is 0.261 e. The van der Waals surface area contributed by atoms with Crippen LogP contribution in [0.1, 0.15) is 5.56 Å². The minimum Gasteiger partial charge on any atom is -0.380 e. The molecule has 122 valence electrons. The number of nitrogens with zero attached hydrogens (tertiary/aromatic N) is 2. The van der Waals surface area contributed by atoms with Crippen molar-refractivity contribution in [2.75, 3.05) is 12.4 Å². The zero-order chi connectivity index (χ0) is 16.9. The summed E-state index contributed by atoms with van der Waals surface area (Å²) in [5.74, 6) is -0.294. The van der Waals surface area contributed by atoms with E-state index in [9.17, 15) is 9.59 Å². The highest BCUT2D eigenvalue weighted by Crippen LogP contribution is 2.15. The molecule has 0 aliphatic heterocycles. The molecule has 0 aliphatic rings. The zero-order valence-electron chi connectivity index (χ0n) is 13.2. The van der Waals surface area contributed by atoms with Crippen molar-refractivity contribution in [3.8, 4) is 0 Å². The first-order chi connectivity index (χ1) is 11.7. The second kappa shape index (κ2) is 7.06. The van der Waals surface area contributed by atoms with Crippen LogP contribution < -0.4 is 10.9 Å². The Morgan fingerprint density at radius 1 is 1.17 bits per heavy atom. The van der Waals surface area contributed by atoms with E-state index in [1.54, 1.807) is 31.4 Å². The van der Waals surface area contributed by atoms with Gasteiger partial charge in [-0.15, -0.1) is 0 Å². The highest BCUT2D eigenvalue weighted by atomic mass is 16.5. The molecule has 0 fully saturated rings. The Morgan fingerprint density at radius 3 is 2.75 bits per heavy atom. The van der Waals surface area contributed by atoms with E-state index in [0.717, 1.165) is 5.56 Å². The molecule has 1 N–H and O–H groups in total. The summed E-state index contributed by atoms with van der Waals surface area (Å²) in [4.78, 5) is 28.9. The van der Waals surface area contributed by atoms with Gasteiger partial charge in [0.15, 0.2) is 0 Å². The number of hydrogen-bond donors (Lipinski definition) is 1. The van der Waals surface area contributed by atoms with Crippen molar-refractivity contribution < 1.29 is 9.53 Å². The van der Waals surface area contributed by atoms with Crippen molar-refractivity contribution in [3.63, 3.8) is 0 Å². The molecule has 6 heteroatoms. The summed E-state index contributed by atoms with van der Waals surface area (Å²) in [6, 6.07) is 14.4. The highest BCUT2D eigenvalue weighted by molar-refractivity contribution is 5.91. The van der Waals surface area contributed by atoms with E-state index in [1.165, 1.54) is 10.9 Å². The van der Waals surface area contributed by atoms with E-state index in [0.29, 0.717) is 23.2 Å². The van der Waals surface area contributed by atoms with Gasteiger partial charge in [-0.3, -0.25) is 14.2 Å². The largest absolute Gasteiger partial charge is 0.380 e. The summed E-state index contributed by atoms with van der Waals surface area (Å²) < 4.78 is 6.42. The molecule has 0 spiro atoms. The zero-order valence-corrected chi connectivity index (χ0v) is 13.2.